The van der Waals surface area contributed by atoms with Gasteiger partial charge in [0.1, 0.15) is 0 Å². The number of aliphatic hydroxyl groups excluding tert-OH is 1. The maximum Gasteiger partial charge on any atom is 0.286 e. The molecule has 1 amide bonds. The summed E-state index contributed by atoms with van der Waals surface area (Å²) in [5, 5.41) is 12.3. The minimum Gasteiger partial charge on any atom is -0.459 e. The summed E-state index contributed by atoms with van der Waals surface area (Å²) in [6.07, 6.45) is 6.14. The highest BCUT2D eigenvalue weighted by Crippen LogP contribution is 2.39. The summed E-state index contributed by atoms with van der Waals surface area (Å²) in [7, 11) is 0. The van der Waals surface area contributed by atoms with Crippen molar-refractivity contribution in [2.75, 3.05) is 13.2 Å². The molecule has 1 heterocycles. The monoisotopic (exact) mass is 359 g/mol. The Morgan fingerprint density at radius 1 is 1.31 bits per heavy atom. The van der Waals surface area contributed by atoms with Crippen molar-refractivity contribution >= 4 is 5.91 Å². The average Bonchev–Trinajstić information content (AvgIpc) is 2.64. The molecule has 1 aliphatic carbocycles. The van der Waals surface area contributed by atoms with Crippen molar-refractivity contribution < 1.29 is 19.4 Å². The van der Waals surface area contributed by atoms with Crippen molar-refractivity contribution in [3.63, 3.8) is 0 Å². The molecule has 1 fully saturated rings. The molecule has 26 heavy (non-hydrogen) atoms. The van der Waals surface area contributed by atoms with Crippen LogP contribution in [-0.2, 0) is 14.3 Å². The van der Waals surface area contributed by atoms with Crippen LogP contribution in [0.25, 0.3) is 0 Å². The van der Waals surface area contributed by atoms with Gasteiger partial charge < -0.3 is 19.9 Å². The highest BCUT2D eigenvalue weighted by atomic mass is 16.7. The van der Waals surface area contributed by atoms with Crippen LogP contribution in [0.1, 0.15) is 50.5 Å². The second-order valence-corrected chi connectivity index (χ2v) is 7.04. The van der Waals surface area contributed by atoms with E-state index in [0.717, 1.165) is 24.8 Å². The van der Waals surface area contributed by atoms with Crippen LogP contribution < -0.4 is 5.32 Å². The van der Waals surface area contributed by atoms with Crippen molar-refractivity contribution in [1.29, 1.82) is 0 Å². The first-order chi connectivity index (χ1) is 12.7. The third kappa shape index (κ3) is 4.46. The molecule has 3 atom stereocenters. The van der Waals surface area contributed by atoms with E-state index in [-0.39, 0.29) is 30.4 Å². The molecule has 5 nitrogen and oxygen atoms in total. The predicted molar refractivity (Wildman–Crippen MR) is 99.4 cm³/mol. The minimum atomic E-state index is -0.483. The molecule has 0 unspecified atom stereocenters. The Morgan fingerprint density at radius 3 is 2.69 bits per heavy atom. The van der Waals surface area contributed by atoms with Crippen molar-refractivity contribution in [2.24, 2.45) is 5.92 Å². The molecule has 0 bridgehead atoms. The average molecular weight is 359 g/mol. The molecule has 2 aliphatic rings. The molecule has 1 aromatic carbocycles. The maximum absolute atomic E-state index is 12.6. The van der Waals surface area contributed by atoms with Crippen LogP contribution in [0.2, 0.25) is 0 Å². The van der Waals surface area contributed by atoms with Gasteiger partial charge in [0.2, 0.25) is 6.29 Å². The van der Waals surface area contributed by atoms with Gasteiger partial charge in [-0.3, -0.25) is 4.79 Å². The van der Waals surface area contributed by atoms with E-state index in [9.17, 15) is 9.90 Å². The van der Waals surface area contributed by atoms with Crippen molar-refractivity contribution in [3.05, 3.63) is 47.7 Å². The van der Waals surface area contributed by atoms with Gasteiger partial charge in [-0.05, 0) is 50.7 Å². The molecule has 0 spiro atoms. The zero-order valence-corrected chi connectivity index (χ0v) is 15.4. The standard InChI is InChI=1S/C21H29NO4/c1-2-25-21-17(12-7-13-23)18(15-8-4-3-5-9-15)14-19(26-21)20(24)22-16-10-6-11-16/h3-5,8-9,14,16-18,21,23H,2,6-7,10-13H2,1H3,(H,22,24)/t17-,18+,21+/m1/s1. The number of nitrogens with one attached hydrogen (secondary N) is 1. The third-order valence-electron chi connectivity index (χ3n) is 5.26. The summed E-state index contributed by atoms with van der Waals surface area (Å²) >= 11 is 0. The van der Waals surface area contributed by atoms with Crippen LogP contribution in [0.4, 0.5) is 0 Å². The first-order valence-corrected chi connectivity index (χ1v) is 9.69. The van der Waals surface area contributed by atoms with Crippen molar-refractivity contribution in [3.8, 4) is 0 Å². The number of rotatable bonds is 8. The lowest BCUT2D eigenvalue weighted by molar-refractivity contribution is -0.167. The van der Waals surface area contributed by atoms with Gasteiger partial charge in [0.05, 0.1) is 0 Å². The number of hydrogen-bond acceptors (Lipinski definition) is 4. The smallest absolute Gasteiger partial charge is 0.286 e. The molecule has 2 N–H and O–H groups in total. The molecule has 1 saturated carbocycles. The van der Waals surface area contributed by atoms with Crippen molar-refractivity contribution in [1.82, 2.24) is 5.32 Å². The number of carbonyl (C=O) groups excluding carboxylic acids is 1. The fourth-order valence-electron chi connectivity index (χ4n) is 3.63. The van der Waals surface area contributed by atoms with Crippen LogP contribution in [0.3, 0.4) is 0 Å². The van der Waals surface area contributed by atoms with Gasteiger partial charge in [0.15, 0.2) is 5.76 Å². The molecule has 1 aliphatic heterocycles. The number of aliphatic hydroxyl groups is 1. The summed E-state index contributed by atoms with van der Waals surface area (Å²) in [5.74, 6) is 0.283. The number of ether oxygens (including phenoxy) is 2. The summed E-state index contributed by atoms with van der Waals surface area (Å²) in [6.45, 7) is 2.57. The Bertz CT molecular complexity index is 612. The van der Waals surface area contributed by atoms with Gasteiger partial charge in [-0.2, -0.15) is 0 Å². The van der Waals surface area contributed by atoms with Crippen LogP contribution in [0, 0.1) is 5.92 Å². The van der Waals surface area contributed by atoms with Gasteiger partial charge >= 0.3 is 0 Å². The Kier molecular flexibility index (Phi) is 6.69. The number of amides is 1. The molecule has 0 saturated heterocycles. The molecule has 3 rings (SSSR count). The van der Waals surface area contributed by atoms with Crippen LogP contribution in [0.15, 0.2) is 42.2 Å². The van der Waals surface area contributed by atoms with Gasteiger partial charge in [0.25, 0.3) is 5.91 Å². The molecule has 142 valence electrons. The third-order valence-corrected chi connectivity index (χ3v) is 5.26. The number of benzene rings is 1. The molecule has 0 radical (unpaired) electrons. The normalized spacial score (nSPS) is 25.8. The Labute approximate surface area is 155 Å². The Balaban J connectivity index is 1.86. The Morgan fingerprint density at radius 2 is 2.08 bits per heavy atom. The van der Waals surface area contributed by atoms with E-state index in [1.165, 1.54) is 6.42 Å². The zero-order valence-electron chi connectivity index (χ0n) is 15.4. The second-order valence-electron chi connectivity index (χ2n) is 7.04. The maximum atomic E-state index is 12.6. The topological polar surface area (TPSA) is 67.8 Å². The van der Waals surface area contributed by atoms with Crippen molar-refractivity contribution in [2.45, 2.75) is 57.3 Å². The highest BCUT2D eigenvalue weighted by Gasteiger charge is 2.38. The summed E-state index contributed by atoms with van der Waals surface area (Å²) in [5.41, 5.74) is 1.14. The summed E-state index contributed by atoms with van der Waals surface area (Å²) in [6, 6.07) is 10.4. The van der Waals surface area contributed by atoms with Crippen LogP contribution in [-0.4, -0.2) is 36.6 Å². The van der Waals surface area contributed by atoms with Gasteiger partial charge in [-0.15, -0.1) is 0 Å². The number of hydrogen-bond donors (Lipinski definition) is 2. The molecular weight excluding hydrogens is 330 g/mol. The molecule has 1 aromatic rings. The summed E-state index contributed by atoms with van der Waals surface area (Å²) < 4.78 is 11.8. The van der Waals surface area contributed by atoms with Crippen LogP contribution >= 0.6 is 0 Å². The molecular formula is C21H29NO4. The van der Waals surface area contributed by atoms with E-state index in [1.807, 2.05) is 31.2 Å². The number of allylic oxidation sites excluding steroid dienone is 1. The summed E-state index contributed by atoms with van der Waals surface area (Å²) in [4.78, 5) is 12.6. The fraction of sp³-hybridized carbons (Fsp3) is 0.571. The highest BCUT2D eigenvalue weighted by molar-refractivity contribution is 5.92. The minimum absolute atomic E-state index is 0.0233. The Hall–Kier alpha value is -1.85. The van der Waals surface area contributed by atoms with E-state index in [2.05, 4.69) is 17.4 Å². The fourth-order valence-corrected chi connectivity index (χ4v) is 3.63. The molecule has 5 heteroatoms. The molecule has 0 aromatic heterocycles. The van der Waals surface area contributed by atoms with E-state index >= 15 is 0 Å². The van der Waals surface area contributed by atoms with E-state index < -0.39 is 6.29 Å². The number of carbonyl (C=O) groups is 1. The van der Waals surface area contributed by atoms with Crippen LogP contribution in [0.5, 0.6) is 0 Å². The van der Waals surface area contributed by atoms with E-state index in [1.54, 1.807) is 0 Å². The lowest BCUT2D eigenvalue weighted by atomic mass is 9.80. The second kappa shape index (κ2) is 9.19. The van der Waals surface area contributed by atoms with Gasteiger partial charge in [0, 0.05) is 31.1 Å². The van der Waals surface area contributed by atoms with Gasteiger partial charge in [-0.25, -0.2) is 0 Å². The lowest BCUT2D eigenvalue weighted by Crippen LogP contribution is -2.43. The van der Waals surface area contributed by atoms with Gasteiger partial charge in [-0.1, -0.05) is 30.3 Å². The van der Waals surface area contributed by atoms with E-state index in [0.29, 0.717) is 18.8 Å². The lowest BCUT2D eigenvalue weighted by Gasteiger charge is -2.37. The predicted octanol–water partition coefficient (Wildman–Crippen LogP) is 3.10. The van der Waals surface area contributed by atoms with E-state index in [4.69, 9.17) is 9.47 Å². The largest absolute Gasteiger partial charge is 0.459 e. The zero-order chi connectivity index (χ0) is 18.4. The quantitative estimate of drug-likeness (QED) is 0.748. The first kappa shape index (κ1) is 18.9. The first-order valence-electron chi connectivity index (χ1n) is 9.69. The SMILES string of the molecule is CCO[C@H]1OC(C(=O)NC2CCC2)=C[C@@H](c2ccccc2)[C@H]1CCCO.